The molecule has 0 aliphatic rings. The van der Waals surface area contributed by atoms with Crippen LogP contribution in [0, 0.1) is 11.3 Å². The van der Waals surface area contributed by atoms with Gasteiger partial charge in [-0.25, -0.2) is 0 Å². The smallest absolute Gasteiger partial charge is 0.0300 e. The van der Waals surface area contributed by atoms with Gasteiger partial charge in [0, 0.05) is 0 Å². The maximum absolute atomic E-state index is 3.95. The predicted octanol–water partition coefficient (Wildman–Crippen LogP) is 4.81. The summed E-state index contributed by atoms with van der Waals surface area (Å²) in [7, 11) is 0. The van der Waals surface area contributed by atoms with Crippen molar-refractivity contribution in [3.8, 4) is 0 Å². The quantitative estimate of drug-likeness (QED) is 0.535. The van der Waals surface area contributed by atoms with Crippen LogP contribution in [0.25, 0.3) is 0 Å². The summed E-state index contributed by atoms with van der Waals surface area (Å²) in [6.45, 7) is 15.4. The fourth-order valence-corrected chi connectivity index (χ4v) is 1.68. The number of rotatable bonds is 5. The van der Waals surface area contributed by atoms with Crippen molar-refractivity contribution in [2.24, 2.45) is 11.3 Å². The molecule has 0 aliphatic heterocycles. The molecule has 0 aromatic carbocycles. The second-order valence-electron chi connectivity index (χ2n) is 5.72. The lowest BCUT2D eigenvalue weighted by Gasteiger charge is -2.19. The third-order valence-corrected chi connectivity index (χ3v) is 2.32. The van der Waals surface area contributed by atoms with E-state index in [-0.39, 0.29) is 0 Å². The van der Waals surface area contributed by atoms with Crippen molar-refractivity contribution in [1.82, 2.24) is 0 Å². The molecule has 0 aromatic rings. The topological polar surface area (TPSA) is 0 Å². The van der Waals surface area contributed by atoms with Crippen molar-refractivity contribution in [3.05, 3.63) is 12.2 Å². The number of hydrogen-bond donors (Lipinski definition) is 0. The Morgan fingerprint density at radius 3 is 2.23 bits per heavy atom. The molecule has 0 aliphatic carbocycles. The van der Waals surface area contributed by atoms with E-state index in [9.17, 15) is 0 Å². The Labute approximate surface area is 84.4 Å². The largest absolute Gasteiger partial charge is 0.100 e. The first-order valence-electron chi connectivity index (χ1n) is 5.45. The number of allylic oxidation sites excluding steroid dienone is 1. The van der Waals surface area contributed by atoms with Crippen LogP contribution in [0.1, 0.15) is 60.3 Å². The van der Waals surface area contributed by atoms with Crippen molar-refractivity contribution >= 4 is 0 Å². The molecule has 0 heterocycles. The highest BCUT2D eigenvalue weighted by atomic mass is 14.2. The van der Waals surface area contributed by atoms with Gasteiger partial charge in [0.1, 0.15) is 0 Å². The van der Waals surface area contributed by atoms with Crippen molar-refractivity contribution in [2.75, 3.05) is 0 Å². The molecule has 0 amide bonds. The van der Waals surface area contributed by atoms with E-state index in [0.717, 1.165) is 5.92 Å². The second kappa shape index (κ2) is 5.47. The molecule has 0 saturated carbocycles. The molecule has 0 spiro atoms. The van der Waals surface area contributed by atoms with E-state index in [2.05, 4.69) is 41.2 Å². The van der Waals surface area contributed by atoms with Gasteiger partial charge in [-0.3, -0.25) is 0 Å². The molecule has 0 aromatic heterocycles. The average Bonchev–Trinajstić information content (AvgIpc) is 1.81. The van der Waals surface area contributed by atoms with Gasteiger partial charge in [0.15, 0.2) is 0 Å². The Balaban J connectivity index is 3.48. The molecule has 0 N–H and O–H groups in total. The van der Waals surface area contributed by atoms with Crippen LogP contribution in [-0.4, -0.2) is 0 Å². The Kier molecular flexibility index (Phi) is 5.36. The summed E-state index contributed by atoms with van der Waals surface area (Å²) in [5.41, 5.74) is 1.83. The first-order valence-corrected chi connectivity index (χ1v) is 5.45. The molecule has 1 unspecified atom stereocenters. The minimum Gasteiger partial charge on any atom is -0.100 e. The number of hydrogen-bond acceptors (Lipinski definition) is 0. The Hall–Kier alpha value is -0.260. The van der Waals surface area contributed by atoms with Crippen LogP contribution >= 0.6 is 0 Å². The molecule has 0 bridgehead atoms. The van der Waals surface area contributed by atoms with E-state index < -0.39 is 0 Å². The molecule has 0 saturated heterocycles. The summed E-state index contributed by atoms with van der Waals surface area (Å²) in [6, 6.07) is 0. The van der Waals surface area contributed by atoms with Gasteiger partial charge in [-0.1, -0.05) is 46.1 Å². The van der Waals surface area contributed by atoms with Crippen LogP contribution in [0.4, 0.5) is 0 Å². The van der Waals surface area contributed by atoms with Gasteiger partial charge >= 0.3 is 0 Å². The second-order valence-corrected chi connectivity index (χ2v) is 5.72. The zero-order valence-electron chi connectivity index (χ0n) is 10.1. The van der Waals surface area contributed by atoms with Crippen molar-refractivity contribution in [3.63, 3.8) is 0 Å². The van der Waals surface area contributed by atoms with E-state index in [4.69, 9.17) is 0 Å². The third kappa shape index (κ3) is 9.66. The fraction of sp³-hybridized carbons (Fsp3) is 0.846. The van der Waals surface area contributed by atoms with Gasteiger partial charge in [-0.2, -0.15) is 0 Å². The highest BCUT2D eigenvalue weighted by molar-refractivity contribution is 4.89. The van der Waals surface area contributed by atoms with Crippen LogP contribution in [0.3, 0.4) is 0 Å². The van der Waals surface area contributed by atoms with Crippen LogP contribution in [0.15, 0.2) is 12.2 Å². The molecular weight excluding hydrogens is 156 g/mol. The maximum atomic E-state index is 3.95. The summed E-state index contributed by atoms with van der Waals surface area (Å²) >= 11 is 0. The lowest BCUT2D eigenvalue weighted by atomic mass is 9.87. The minimum absolute atomic E-state index is 0.503. The third-order valence-electron chi connectivity index (χ3n) is 2.32. The van der Waals surface area contributed by atoms with Gasteiger partial charge in [0.25, 0.3) is 0 Å². The van der Waals surface area contributed by atoms with E-state index in [1.165, 1.54) is 31.3 Å². The molecule has 0 rings (SSSR count). The molecule has 0 nitrogen and oxygen atoms in total. The lowest BCUT2D eigenvalue weighted by molar-refractivity contribution is 0.342. The van der Waals surface area contributed by atoms with Crippen LogP contribution < -0.4 is 0 Å². The first kappa shape index (κ1) is 12.7. The van der Waals surface area contributed by atoms with Gasteiger partial charge in [-0.15, -0.1) is 6.58 Å². The predicted molar refractivity (Wildman–Crippen MR) is 61.9 cm³/mol. The van der Waals surface area contributed by atoms with Crippen molar-refractivity contribution in [2.45, 2.75) is 60.3 Å². The summed E-state index contributed by atoms with van der Waals surface area (Å²) < 4.78 is 0. The van der Waals surface area contributed by atoms with Crippen LogP contribution in [-0.2, 0) is 0 Å². The van der Waals surface area contributed by atoms with Gasteiger partial charge < -0.3 is 0 Å². The molecular formula is C13H26. The van der Waals surface area contributed by atoms with E-state index in [0.29, 0.717) is 5.41 Å². The summed E-state index contributed by atoms with van der Waals surface area (Å²) in [5, 5.41) is 0. The Morgan fingerprint density at radius 1 is 1.31 bits per heavy atom. The van der Waals surface area contributed by atoms with Crippen molar-refractivity contribution in [1.29, 1.82) is 0 Å². The minimum atomic E-state index is 0.503. The molecule has 0 fully saturated rings. The SMILES string of the molecule is C=C(C)CC(C)CCCC(C)(C)C. The summed E-state index contributed by atoms with van der Waals surface area (Å²) in [5.74, 6) is 0.819. The standard InChI is InChI=1S/C13H26/c1-11(2)10-12(3)8-7-9-13(4,5)6/h12H,1,7-10H2,2-6H3. The van der Waals surface area contributed by atoms with Gasteiger partial charge in [-0.05, 0) is 31.1 Å². The molecule has 1 atom stereocenters. The Morgan fingerprint density at radius 2 is 1.85 bits per heavy atom. The molecule has 0 heteroatoms. The summed E-state index contributed by atoms with van der Waals surface area (Å²) in [6.07, 6.45) is 5.25. The normalized spacial score (nSPS) is 14.2. The van der Waals surface area contributed by atoms with Crippen LogP contribution in [0.2, 0.25) is 0 Å². The molecule has 13 heavy (non-hydrogen) atoms. The Bertz CT molecular complexity index is 148. The molecule has 78 valence electrons. The highest BCUT2D eigenvalue weighted by Crippen LogP contribution is 2.24. The lowest BCUT2D eigenvalue weighted by Crippen LogP contribution is -2.05. The van der Waals surface area contributed by atoms with Gasteiger partial charge in [0.2, 0.25) is 0 Å². The monoisotopic (exact) mass is 182 g/mol. The zero-order valence-corrected chi connectivity index (χ0v) is 10.1. The zero-order chi connectivity index (χ0) is 10.5. The average molecular weight is 182 g/mol. The van der Waals surface area contributed by atoms with Crippen molar-refractivity contribution < 1.29 is 0 Å². The molecule has 0 radical (unpaired) electrons. The first-order chi connectivity index (χ1) is 5.81. The highest BCUT2D eigenvalue weighted by Gasteiger charge is 2.10. The van der Waals surface area contributed by atoms with E-state index in [1.807, 2.05) is 0 Å². The van der Waals surface area contributed by atoms with E-state index in [1.54, 1.807) is 0 Å². The summed E-state index contributed by atoms with van der Waals surface area (Å²) in [4.78, 5) is 0. The van der Waals surface area contributed by atoms with E-state index >= 15 is 0 Å². The maximum Gasteiger partial charge on any atom is -0.0300 e. The van der Waals surface area contributed by atoms with Gasteiger partial charge in [0.05, 0.1) is 0 Å². The fourth-order valence-electron chi connectivity index (χ4n) is 1.68. The van der Waals surface area contributed by atoms with Crippen LogP contribution in [0.5, 0.6) is 0 Å².